The van der Waals surface area contributed by atoms with Crippen molar-refractivity contribution >= 4 is 33.1 Å². The second-order valence-electron chi connectivity index (χ2n) is 6.36. The van der Waals surface area contributed by atoms with Crippen LogP contribution in [-0.2, 0) is 4.74 Å². The fourth-order valence-electron chi connectivity index (χ4n) is 2.37. The van der Waals surface area contributed by atoms with Crippen LogP contribution >= 0.6 is 15.9 Å². The molecule has 4 nitrogen and oxygen atoms in total. The van der Waals surface area contributed by atoms with Gasteiger partial charge in [-0.25, -0.2) is 18.7 Å². The van der Waals surface area contributed by atoms with Gasteiger partial charge in [0.1, 0.15) is 11.4 Å². The van der Waals surface area contributed by atoms with Crippen molar-refractivity contribution in [2.45, 2.75) is 26.4 Å². The first-order valence-corrected chi connectivity index (χ1v) is 8.22. The van der Waals surface area contributed by atoms with E-state index in [9.17, 15) is 9.18 Å². The second kappa shape index (κ2) is 6.02. The van der Waals surface area contributed by atoms with Gasteiger partial charge in [0.25, 0.3) is 0 Å². The van der Waals surface area contributed by atoms with Gasteiger partial charge in [0.05, 0.1) is 16.6 Å². The van der Waals surface area contributed by atoms with Gasteiger partial charge in [-0.1, -0.05) is 28.1 Å². The highest BCUT2D eigenvalue weighted by atomic mass is 79.9. The number of benzene rings is 2. The highest BCUT2D eigenvalue weighted by molar-refractivity contribution is 9.10. The van der Waals surface area contributed by atoms with Crippen molar-refractivity contribution in [2.24, 2.45) is 0 Å². The van der Waals surface area contributed by atoms with Crippen molar-refractivity contribution in [1.29, 1.82) is 0 Å². The molecule has 0 aliphatic heterocycles. The molecule has 6 heteroatoms. The third kappa shape index (κ3) is 3.19. The predicted octanol–water partition coefficient (Wildman–Crippen LogP) is 5.39. The molecule has 0 saturated heterocycles. The van der Waals surface area contributed by atoms with E-state index in [1.807, 2.05) is 6.07 Å². The topological polar surface area (TPSA) is 44.1 Å². The molecule has 0 unspecified atom stereocenters. The highest BCUT2D eigenvalue weighted by Gasteiger charge is 2.25. The molecule has 2 aromatic carbocycles. The first-order valence-electron chi connectivity index (χ1n) is 7.42. The van der Waals surface area contributed by atoms with Crippen LogP contribution in [0.4, 0.5) is 9.18 Å². The molecule has 3 rings (SSSR count). The van der Waals surface area contributed by atoms with Gasteiger partial charge in [-0.15, -0.1) is 0 Å². The summed E-state index contributed by atoms with van der Waals surface area (Å²) in [6, 6.07) is 11.7. The van der Waals surface area contributed by atoms with Gasteiger partial charge in [-0.2, -0.15) is 0 Å². The summed E-state index contributed by atoms with van der Waals surface area (Å²) >= 11 is 3.33. The van der Waals surface area contributed by atoms with Crippen LogP contribution in [0.2, 0.25) is 0 Å². The summed E-state index contributed by atoms with van der Waals surface area (Å²) in [7, 11) is 0. The van der Waals surface area contributed by atoms with Crippen LogP contribution in [0.5, 0.6) is 0 Å². The first kappa shape index (κ1) is 16.6. The minimum Gasteiger partial charge on any atom is -0.443 e. The Morgan fingerprint density at radius 1 is 1.21 bits per heavy atom. The Kier molecular flexibility index (Phi) is 4.17. The predicted molar refractivity (Wildman–Crippen MR) is 94.5 cm³/mol. The van der Waals surface area contributed by atoms with E-state index < -0.39 is 17.5 Å². The summed E-state index contributed by atoms with van der Waals surface area (Å²) in [5, 5.41) is 0. The molecule has 1 aromatic heterocycles. The third-order valence-electron chi connectivity index (χ3n) is 3.31. The minimum absolute atomic E-state index is 0.212. The van der Waals surface area contributed by atoms with Crippen molar-refractivity contribution in [1.82, 2.24) is 9.55 Å². The normalized spacial score (nSPS) is 11.7. The summed E-state index contributed by atoms with van der Waals surface area (Å²) in [5.41, 5.74) is 0.723. The maximum atomic E-state index is 14.3. The number of hydrogen-bond donors (Lipinski definition) is 0. The van der Waals surface area contributed by atoms with Crippen molar-refractivity contribution in [2.75, 3.05) is 0 Å². The smallest absolute Gasteiger partial charge is 0.420 e. The molecule has 24 heavy (non-hydrogen) atoms. The van der Waals surface area contributed by atoms with Gasteiger partial charge in [0.2, 0.25) is 0 Å². The molecule has 0 atom stereocenters. The molecule has 3 aromatic rings. The van der Waals surface area contributed by atoms with Gasteiger partial charge in [-0.05, 0) is 51.1 Å². The number of ether oxygens (including phenoxy) is 1. The number of carbonyl (C=O) groups excluding carboxylic acids is 1. The average Bonchev–Trinajstić information content (AvgIpc) is 2.87. The summed E-state index contributed by atoms with van der Waals surface area (Å²) < 4.78 is 21.8. The molecule has 0 spiro atoms. The summed E-state index contributed by atoms with van der Waals surface area (Å²) in [4.78, 5) is 17.1. The Labute approximate surface area is 147 Å². The summed E-state index contributed by atoms with van der Waals surface area (Å²) in [5.74, 6) is -0.248. The van der Waals surface area contributed by atoms with E-state index in [1.54, 1.807) is 51.1 Å². The monoisotopic (exact) mass is 390 g/mol. The number of hydrogen-bond acceptors (Lipinski definition) is 3. The molecule has 0 N–H and O–H groups in total. The molecular formula is C18H16BrFN2O2. The first-order chi connectivity index (χ1) is 11.3. The maximum Gasteiger partial charge on any atom is 0.420 e. The van der Waals surface area contributed by atoms with Crippen molar-refractivity contribution in [3.63, 3.8) is 0 Å². The van der Waals surface area contributed by atoms with Gasteiger partial charge in [0, 0.05) is 4.47 Å². The Bertz CT molecular complexity index is 928. The van der Waals surface area contributed by atoms with Gasteiger partial charge in [-0.3, -0.25) is 0 Å². The molecule has 0 amide bonds. The Hall–Kier alpha value is -2.21. The molecule has 0 fully saturated rings. The van der Waals surface area contributed by atoms with Crippen molar-refractivity contribution in [3.8, 4) is 11.4 Å². The summed E-state index contributed by atoms with van der Waals surface area (Å²) in [6.45, 7) is 5.34. The zero-order valence-electron chi connectivity index (χ0n) is 13.5. The number of aromatic nitrogens is 2. The van der Waals surface area contributed by atoms with E-state index in [2.05, 4.69) is 20.9 Å². The molecule has 0 bridgehead atoms. The number of halogens is 2. The van der Waals surface area contributed by atoms with Crippen LogP contribution in [0.3, 0.4) is 0 Å². The van der Waals surface area contributed by atoms with E-state index in [-0.39, 0.29) is 11.4 Å². The SMILES string of the molecule is CC(C)(C)OC(=O)n1c(-c2cc(Br)ccc2F)nc2ccccc21. The fourth-order valence-corrected chi connectivity index (χ4v) is 2.73. The third-order valence-corrected chi connectivity index (χ3v) is 3.80. The lowest BCUT2D eigenvalue weighted by Gasteiger charge is -2.20. The van der Waals surface area contributed by atoms with Gasteiger partial charge < -0.3 is 4.74 Å². The molecule has 0 saturated carbocycles. The lowest BCUT2D eigenvalue weighted by Crippen LogP contribution is -2.27. The quantitative estimate of drug-likeness (QED) is 0.559. The number of nitrogens with zero attached hydrogens (tertiary/aromatic N) is 2. The van der Waals surface area contributed by atoms with E-state index in [0.717, 1.165) is 0 Å². The Morgan fingerprint density at radius 2 is 1.92 bits per heavy atom. The lowest BCUT2D eigenvalue weighted by atomic mass is 10.2. The van der Waals surface area contributed by atoms with Crippen LogP contribution in [0.1, 0.15) is 20.8 Å². The zero-order chi connectivity index (χ0) is 17.5. The number of fused-ring (bicyclic) bond motifs is 1. The Morgan fingerprint density at radius 3 is 2.62 bits per heavy atom. The number of carbonyl (C=O) groups is 1. The fraction of sp³-hybridized carbons (Fsp3) is 0.222. The van der Waals surface area contributed by atoms with E-state index >= 15 is 0 Å². The number of para-hydroxylation sites is 2. The maximum absolute atomic E-state index is 14.3. The van der Waals surface area contributed by atoms with Gasteiger partial charge >= 0.3 is 6.09 Å². The van der Waals surface area contributed by atoms with Crippen LogP contribution in [-0.4, -0.2) is 21.2 Å². The van der Waals surface area contributed by atoms with E-state index in [0.29, 0.717) is 15.5 Å². The van der Waals surface area contributed by atoms with Crippen LogP contribution in [0.15, 0.2) is 46.9 Å². The molecule has 0 aliphatic carbocycles. The summed E-state index contributed by atoms with van der Waals surface area (Å²) in [6.07, 6.45) is -0.592. The lowest BCUT2D eigenvalue weighted by molar-refractivity contribution is 0.0546. The molecule has 0 radical (unpaired) electrons. The van der Waals surface area contributed by atoms with Crippen LogP contribution in [0.25, 0.3) is 22.4 Å². The average molecular weight is 391 g/mol. The largest absolute Gasteiger partial charge is 0.443 e. The standard InChI is InChI=1S/C18H16BrFN2O2/c1-18(2,3)24-17(23)22-15-7-5-4-6-14(15)21-16(22)12-10-11(19)8-9-13(12)20/h4-10H,1-3H3. The molecule has 124 valence electrons. The van der Waals surface area contributed by atoms with E-state index in [4.69, 9.17) is 4.74 Å². The molecular weight excluding hydrogens is 375 g/mol. The highest BCUT2D eigenvalue weighted by Crippen LogP contribution is 2.29. The number of rotatable bonds is 1. The second-order valence-corrected chi connectivity index (χ2v) is 7.28. The number of imidazole rings is 1. The van der Waals surface area contributed by atoms with Crippen molar-refractivity contribution in [3.05, 3.63) is 52.8 Å². The van der Waals surface area contributed by atoms with E-state index in [1.165, 1.54) is 10.6 Å². The van der Waals surface area contributed by atoms with Crippen LogP contribution < -0.4 is 0 Å². The molecule has 0 aliphatic rings. The zero-order valence-corrected chi connectivity index (χ0v) is 15.1. The Balaban J connectivity index is 2.26. The van der Waals surface area contributed by atoms with Gasteiger partial charge in [0.15, 0.2) is 5.82 Å². The molecule has 1 heterocycles. The van der Waals surface area contributed by atoms with Crippen molar-refractivity contribution < 1.29 is 13.9 Å². The van der Waals surface area contributed by atoms with Crippen LogP contribution in [0, 0.1) is 5.82 Å². The minimum atomic E-state index is -0.671.